The van der Waals surface area contributed by atoms with Crippen LogP contribution in [0.5, 0.6) is 0 Å². The Bertz CT molecular complexity index is 304. The Morgan fingerprint density at radius 1 is 1.57 bits per heavy atom. The first kappa shape index (κ1) is 11.5. The lowest BCUT2D eigenvalue weighted by Crippen LogP contribution is -2.31. The number of halogens is 1. The van der Waals surface area contributed by atoms with Crippen LogP contribution in [0.3, 0.4) is 0 Å². The van der Waals surface area contributed by atoms with Crippen LogP contribution in [0.25, 0.3) is 0 Å². The molecule has 0 saturated carbocycles. The van der Waals surface area contributed by atoms with Gasteiger partial charge in [-0.15, -0.1) is 0 Å². The second kappa shape index (κ2) is 5.32. The molecule has 0 heterocycles. The smallest absolute Gasteiger partial charge is 0.0696 e. The molecule has 3 N–H and O–H groups in total. The summed E-state index contributed by atoms with van der Waals surface area (Å²) in [5.74, 6) is 5.44. The molecule has 78 valence electrons. The van der Waals surface area contributed by atoms with E-state index in [0.717, 1.165) is 16.1 Å². The van der Waals surface area contributed by atoms with E-state index in [1.807, 2.05) is 25.1 Å². The Morgan fingerprint density at radius 3 is 2.86 bits per heavy atom. The molecule has 0 fully saturated rings. The van der Waals surface area contributed by atoms with Crippen LogP contribution in [0.15, 0.2) is 18.2 Å². The molecule has 1 rings (SSSR count). The summed E-state index contributed by atoms with van der Waals surface area (Å²) in [6, 6.07) is 5.75. The van der Waals surface area contributed by atoms with E-state index in [9.17, 15) is 0 Å². The van der Waals surface area contributed by atoms with Gasteiger partial charge in [0.05, 0.1) is 12.6 Å². The Labute approximate surface area is 89.2 Å². The maximum absolute atomic E-state index is 6.01. The van der Waals surface area contributed by atoms with Crippen LogP contribution in [0.2, 0.25) is 5.02 Å². The highest BCUT2D eigenvalue weighted by molar-refractivity contribution is 6.31. The minimum atomic E-state index is -0.0151. The van der Waals surface area contributed by atoms with Gasteiger partial charge in [0.2, 0.25) is 0 Å². The molecule has 0 bridgehead atoms. The number of methoxy groups -OCH3 is 1. The van der Waals surface area contributed by atoms with Crippen molar-refractivity contribution >= 4 is 11.6 Å². The van der Waals surface area contributed by atoms with Crippen molar-refractivity contribution < 1.29 is 4.74 Å². The molecule has 0 aliphatic heterocycles. The first-order valence-electron chi connectivity index (χ1n) is 4.40. The monoisotopic (exact) mass is 214 g/mol. The van der Waals surface area contributed by atoms with Gasteiger partial charge in [-0.05, 0) is 24.1 Å². The van der Waals surface area contributed by atoms with Crippen LogP contribution in [-0.4, -0.2) is 13.7 Å². The molecular formula is C10H15ClN2O. The average Bonchev–Trinajstić information content (AvgIpc) is 2.19. The molecule has 3 nitrogen and oxygen atoms in total. The molecule has 1 aromatic rings. The Hall–Kier alpha value is -0.610. The molecule has 0 aromatic heterocycles. The van der Waals surface area contributed by atoms with Crippen molar-refractivity contribution in [2.24, 2.45) is 5.84 Å². The van der Waals surface area contributed by atoms with Gasteiger partial charge in [0.15, 0.2) is 0 Å². The average molecular weight is 215 g/mol. The third-order valence-corrected chi connectivity index (χ3v) is 2.63. The van der Waals surface area contributed by atoms with Gasteiger partial charge in [-0.25, -0.2) is 0 Å². The minimum Gasteiger partial charge on any atom is -0.383 e. The maximum Gasteiger partial charge on any atom is 0.0696 e. The summed E-state index contributed by atoms with van der Waals surface area (Å²) in [5.41, 5.74) is 4.81. The summed E-state index contributed by atoms with van der Waals surface area (Å²) in [7, 11) is 1.64. The Morgan fingerprint density at radius 2 is 2.29 bits per heavy atom. The summed E-state index contributed by atoms with van der Waals surface area (Å²) in [6.45, 7) is 2.50. The van der Waals surface area contributed by atoms with Crippen LogP contribution >= 0.6 is 11.6 Å². The molecule has 1 atom stereocenters. The molecule has 4 heteroatoms. The number of ether oxygens (including phenoxy) is 1. The zero-order chi connectivity index (χ0) is 10.6. The summed E-state index contributed by atoms with van der Waals surface area (Å²) >= 11 is 6.01. The maximum atomic E-state index is 6.01. The first-order valence-corrected chi connectivity index (χ1v) is 4.78. The number of benzene rings is 1. The van der Waals surface area contributed by atoms with E-state index in [1.54, 1.807) is 7.11 Å². The molecule has 1 unspecified atom stereocenters. The van der Waals surface area contributed by atoms with Crippen LogP contribution in [0, 0.1) is 6.92 Å². The van der Waals surface area contributed by atoms with Gasteiger partial charge in [0, 0.05) is 12.1 Å². The molecule has 0 aliphatic rings. The van der Waals surface area contributed by atoms with E-state index < -0.39 is 0 Å². The largest absolute Gasteiger partial charge is 0.383 e. The fourth-order valence-electron chi connectivity index (χ4n) is 1.40. The number of hydrogen-bond acceptors (Lipinski definition) is 3. The third kappa shape index (κ3) is 2.45. The normalized spacial score (nSPS) is 12.9. The van der Waals surface area contributed by atoms with Gasteiger partial charge < -0.3 is 4.74 Å². The molecule has 0 radical (unpaired) electrons. The molecule has 0 amide bonds. The highest BCUT2D eigenvalue weighted by atomic mass is 35.5. The Balaban J connectivity index is 2.97. The van der Waals surface area contributed by atoms with Gasteiger partial charge in [-0.2, -0.15) is 0 Å². The number of hydrogen-bond donors (Lipinski definition) is 2. The van der Waals surface area contributed by atoms with Crippen LogP contribution < -0.4 is 11.3 Å². The fourth-order valence-corrected chi connectivity index (χ4v) is 1.58. The molecule has 0 saturated heterocycles. The second-order valence-corrected chi connectivity index (χ2v) is 3.54. The molecule has 14 heavy (non-hydrogen) atoms. The standard InChI is InChI=1S/C10H15ClN2O/c1-7-8(4-3-5-9(7)11)10(13-12)6-14-2/h3-5,10,13H,6,12H2,1-2H3. The van der Waals surface area contributed by atoms with Gasteiger partial charge in [-0.3, -0.25) is 11.3 Å². The zero-order valence-corrected chi connectivity index (χ0v) is 9.14. The van der Waals surface area contributed by atoms with Crippen molar-refractivity contribution in [2.45, 2.75) is 13.0 Å². The summed E-state index contributed by atoms with van der Waals surface area (Å²) in [4.78, 5) is 0. The number of nitrogens with two attached hydrogens (primary N) is 1. The van der Waals surface area contributed by atoms with Crippen molar-refractivity contribution in [2.75, 3.05) is 13.7 Å². The van der Waals surface area contributed by atoms with E-state index in [-0.39, 0.29) is 6.04 Å². The zero-order valence-electron chi connectivity index (χ0n) is 8.38. The van der Waals surface area contributed by atoms with Gasteiger partial charge >= 0.3 is 0 Å². The Kier molecular flexibility index (Phi) is 4.35. The number of rotatable bonds is 4. The highest BCUT2D eigenvalue weighted by Gasteiger charge is 2.12. The predicted octanol–water partition coefficient (Wildman–Crippen LogP) is 1.80. The number of hydrazine groups is 1. The van der Waals surface area contributed by atoms with Crippen LogP contribution in [0.1, 0.15) is 17.2 Å². The highest BCUT2D eigenvalue weighted by Crippen LogP contribution is 2.23. The first-order chi connectivity index (χ1) is 6.70. The van der Waals surface area contributed by atoms with Gasteiger partial charge in [0.1, 0.15) is 0 Å². The quantitative estimate of drug-likeness (QED) is 0.594. The van der Waals surface area contributed by atoms with Gasteiger partial charge in [-0.1, -0.05) is 23.7 Å². The number of nitrogens with one attached hydrogen (secondary N) is 1. The van der Waals surface area contributed by atoms with Crippen molar-refractivity contribution in [3.63, 3.8) is 0 Å². The van der Waals surface area contributed by atoms with E-state index in [4.69, 9.17) is 22.2 Å². The van der Waals surface area contributed by atoms with Gasteiger partial charge in [0.25, 0.3) is 0 Å². The van der Waals surface area contributed by atoms with E-state index in [0.29, 0.717) is 6.61 Å². The van der Waals surface area contributed by atoms with Crippen molar-refractivity contribution in [3.8, 4) is 0 Å². The molecule has 0 spiro atoms. The van der Waals surface area contributed by atoms with Crippen LogP contribution in [0.4, 0.5) is 0 Å². The predicted molar refractivity (Wildman–Crippen MR) is 58.1 cm³/mol. The lowest BCUT2D eigenvalue weighted by Gasteiger charge is -2.18. The molecular weight excluding hydrogens is 200 g/mol. The lowest BCUT2D eigenvalue weighted by molar-refractivity contribution is 0.167. The van der Waals surface area contributed by atoms with Crippen molar-refractivity contribution in [1.82, 2.24) is 5.43 Å². The lowest BCUT2D eigenvalue weighted by atomic mass is 10.0. The molecule has 1 aromatic carbocycles. The van der Waals surface area contributed by atoms with Crippen LogP contribution in [-0.2, 0) is 4.74 Å². The molecule has 0 aliphatic carbocycles. The van der Waals surface area contributed by atoms with E-state index in [2.05, 4.69) is 5.43 Å². The fraction of sp³-hybridized carbons (Fsp3) is 0.400. The second-order valence-electron chi connectivity index (χ2n) is 3.13. The summed E-state index contributed by atoms with van der Waals surface area (Å²) in [5, 5.41) is 0.749. The summed E-state index contributed by atoms with van der Waals surface area (Å²) < 4.78 is 5.06. The summed E-state index contributed by atoms with van der Waals surface area (Å²) in [6.07, 6.45) is 0. The topological polar surface area (TPSA) is 47.3 Å². The van der Waals surface area contributed by atoms with E-state index >= 15 is 0 Å². The minimum absolute atomic E-state index is 0.0151. The SMILES string of the molecule is COCC(NN)c1cccc(Cl)c1C. The third-order valence-electron chi connectivity index (χ3n) is 2.22. The van der Waals surface area contributed by atoms with Crippen molar-refractivity contribution in [1.29, 1.82) is 0 Å². The van der Waals surface area contributed by atoms with E-state index in [1.165, 1.54) is 0 Å². The van der Waals surface area contributed by atoms with Crippen molar-refractivity contribution in [3.05, 3.63) is 34.3 Å².